The standard InChI is InChI=1S/C18H21N3O6S2/c1-19-28(23,24)17-4-2-3-14(13-17)18(22)20-15-5-7-16(8-6-15)29(25,26)21-9-11-27-12-10-21/h2-8,13,19H,9-12H2,1H3,(H,20,22). The zero-order chi connectivity index (χ0) is 21.1. The van der Waals surface area contributed by atoms with Crippen LogP contribution in [0.2, 0.25) is 0 Å². The van der Waals surface area contributed by atoms with E-state index in [9.17, 15) is 21.6 Å². The second-order valence-electron chi connectivity index (χ2n) is 6.23. The molecule has 1 heterocycles. The molecule has 0 radical (unpaired) electrons. The first-order valence-electron chi connectivity index (χ1n) is 8.77. The summed E-state index contributed by atoms with van der Waals surface area (Å²) >= 11 is 0. The second kappa shape index (κ2) is 8.59. The van der Waals surface area contributed by atoms with E-state index in [1.165, 1.54) is 59.9 Å². The lowest BCUT2D eigenvalue weighted by Gasteiger charge is -2.26. The van der Waals surface area contributed by atoms with Crippen LogP contribution in [0, 0.1) is 0 Å². The van der Waals surface area contributed by atoms with Gasteiger partial charge in [0.1, 0.15) is 0 Å². The van der Waals surface area contributed by atoms with Gasteiger partial charge in [-0.25, -0.2) is 21.6 Å². The normalized spacial score (nSPS) is 15.8. The highest BCUT2D eigenvalue weighted by atomic mass is 32.2. The zero-order valence-electron chi connectivity index (χ0n) is 15.7. The number of hydrogen-bond acceptors (Lipinski definition) is 6. The van der Waals surface area contributed by atoms with Crippen LogP contribution in [-0.4, -0.2) is 60.4 Å². The fraction of sp³-hybridized carbons (Fsp3) is 0.278. The summed E-state index contributed by atoms with van der Waals surface area (Å²) in [6, 6.07) is 11.4. The number of rotatable bonds is 6. The molecule has 29 heavy (non-hydrogen) atoms. The van der Waals surface area contributed by atoms with E-state index >= 15 is 0 Å². The average Bonchev–Trinajstić information content (AvgIpc) is 2.75. The van der Waals surface area contributed by atoms with Crippen molar-refractivity contribution in [3.63, 3.8) is 0 Å². The third kappa shape index (κ3) is 4.82. The molecule has 0 aromatic heterocycles. The lowest BCUT2D eigenvalue weighted by molar-refractivity contribution is 0.0730. The number of carbonyl (C=O) groups is 1. The number of amides is 1. The minimum Gasteiger partial charge on any atom is -0.379 e. The quantitative estimate of drug-likeness (QED) is 0.689. The molecule has 0 spiro atoms. The number of carbonyl (C=O) groups excluding carboxylic acids is 1. The Kier molecular flexibility index (Phi) is 6.34. The number of anilines is 1. The number of ether oxygens (including phenoxy) is 1. The van der Waals surface area contributed by atoms with Gasteiger partial charge in [-0.05, 0) is 49.5 Å². The fourth-order valence-corrected chi connectivity index (χ4v) is 4.96. The number of hydrogen-bond donors (Lipinski definition) is 2. The van der Waals surface area contributed by atoms with Crippen LogP contribution in [0.3, 0.4) is 0 Å². The molecule has 0 aliphatic carbocycles. The maximum atomic E-state index is 12.6. The van der Waals surface area contributed by atoms with Gasteiger partial charge in [-0.15, -0.1) is 0 Å². The first kappa shape index (κ1) is 21.4. The number of nitrogens with zero attached hydrogens (tertiary/aromatic N) is 1. The Labute approximate surface area is 169 Å². The molecule has 1 saturated heterocycles. The van der Waals surface area contributed by atoms with Crippen molar-refractivity contribution in [1.29, 1.82) is 0 Å². The number of benzene rings is 2. The Balaban J connectivity index is 1.75. The predicted octanol–water partition coefficient (Wildman–Crippen LogP) is 0.868. The average molecular weight is 440 g/mol. The molecule has 11 heteroatoms. The molecular formula is C18H21N3O6S2. The largest absolute Gasteiger partial charge is 0.379 e. The number of nitrogens with one attached hydrogen (secondary N) is 2. The highest BCUT2D eigenvalue weighted by Gasteiger charge is 2.26. The summed E-state index contributed by atoms with van der Waals surface area (Å²) < 4.78 is 57.7. The van der Waals surface area contributed by atoms with Crippen molar-refractivity contribution in [3.05, 3.63) is 54.1 Å². The summed E-state index contributed by atoms with van der Waals surface area (Å²) in [5.41, 5.74) is 0.546. The first-order chi connectivity index (χ1) is 13.7. The van der Waals surface area contributed by atoms with Gasteiger partial charge in [0.15, 0.2) is 0 Å². The van der Waals surface area contributed by atoms with Crippen LogP contribution in [0.25, 0.3) is 0 Å². The summed E-state index contributed by atoms with van der Waals surface area (Å²) in [6.07, 6.45) is 0. The van der Waals surface area contributed by atoms with E-state index in [1.54, 1.807) is 0 Å². The Morgan fingerprint density at radius 2 is 1.62 bits per heavy atom. The summed E-state index contributed by atoms with van der Waals surface area (Å²) in [7, 11) is -6.00. The predicted molar refractivity (Wildman–Crippen MR) is 107 cm³/mol. The van der Waals surface area contributed by atoms with Crippen LogP contribution in [0.4, 0.5) is 5.69 Å². The number of sulfonamides is 2. The Morgan fingerprint density at radius 3 is 2.24 bits per heavy atom. The van der Waals surface area contributed by atoms with E-state index in [2.05, 4.69) is 10.0 Å². The van der Waals surface area contributed by atoms with Crippen LogP contribution in [0.5, 0.6) is 0 Å². The molecule has 2 aromatic carbocycles. The maximum absolute atomic E-state index is 12.6. The van der Waals surface area contributed by atoms with Crippen molar-refractivity contribution < 1.29 is 26.4 Å². The molecule has 9 nitrogen and oxygen atoms in total. The third-order valence-electron chi connectivity index (χ3n) is 4.40. The van der Waals surface area contributed by atoms with Crippen molar-refractivity contribution in [2.75, 3.05) is 38.7 Å². The van der Waals surface area contributed by atoms with Crippen LogP contribution < -0.4 is 10.0 Å². The van der Waals surface area contributed by atoms with Crippen molar-refractivity contribution in [2.24, 2.45) is 0 Å². The molecule has 2 N–H and O–H groups in total. The Hall–Kier alpha value is -2.31. The van der Waals surface area contributed by atoms with E-state index in [0.717, 1.165) is 0 Å². The molecule has 3 rings (SSSR count). The molecule has 2 aromatic rings. The fourth-order valence-electron chi connectivity index (χ4n) is 2.77. The van der Waals surface area contributed by atoms with E-state index in [-0.39, 0.29) is 15.4 Å². The van der Waals surface area contributed by atoms with Crippen molar-refractivity contribution >= 4 is 31.6 Å². The minimum absolute atomic E-state index is 0.0281. The van der Waals surface area contributed by atoms with E-state index < -0.39 is 26.0 Å². The molecule has 1 amide bonds. The van der Waals surface area contributed by atoms with Crippen LogP contribution >= 0.6 is 0 Å². The molecule has 1 aliphatic heterocycles. The van der Waals surface area contributed by atoms with Gasteiger partial charge in [0.25, 0.3) is 5.91 Å². The van der Waals surface area contributed by atoms with Crippen molar-refractivity contribution in [1.82, 2.24) is 9.03 Å². The topological polar surface area (TPSA) is 122 Å². The molecule has 0 saturated carbocycles. The van der Waals surface area contributed by atoms with Gasteiger partial charge in [0, 0.05) is 24.3 Å². The molecule has 0 bridgehead atoms. The smallest absolute Gasteiger partial charge is 0.255 e. The Bertz CT molecular complexity index is 1090. The van der Waals surface area contributed by atoms with Gasteiger partial charge in [-0.1, -0.05) is 6.07 Å². The first-order valence-corrected chi connectivity index (χ1v) is 11.7. The molecular weight excluding hydrogens is 418 g/mol. The minimum atomic E-state index is -3.67. The van der Waals surface area contributed by atoms with Gasteiger partial charge in [0.2, 0.25) is 20.0 Å². The lowest BCUT2D eigenvalue weighted by Crippen LogP contribution is -2.40. The van der Waals surface area contributed by atoms with E-state index in [4.69, 9.17) is 4.74 Å². The number of morpholine rings is 1. The molecule has 1 fully saturated rings. The van der Waals surface area contributed by atoms with Gasteiger partial charge < -0.3 is 10.1 Å². The molecule has 1 aliphatic rings. The van der Waals surface area contributed by atoms with Crippen LogP contribution in [0.1, 0.15) is 10.4 Å². The Morgan fingerprint density at radius 1 is 0.966 bits per heavy atom. The van der Waals surface area contributed by atoms with Gasteiger partial charge in [0.05, 0.1) is 23.0 Å². The monoisotopic (exact) mass is 439 g/mol. The van der Waals surface area contributed by atoms with Crippen LogP contribution in [-0.2, 0) is 24.8 Å². The van der Waals surface area contributed by atoms with E-state index in [1.807, 2.05) is 0 Å². The summed E-state index contributed by atoms with van der Waals surface area (Å²) in [5, 5.41) is 2.63. The summed E-state index contributed by atoms with van der Waals surface area (Å²) in [4.78, 5) is 12.5. The summed E-state index contributed by atoms with van der Waals surface area (Å²) in [5.74, 6) is -0.512. The molecule has 156 valence electrons. The third-order valence-corrected chi connectivity index (χ3v) is 7.72. The zero-order valence-corrected chi connectivity index (χ0v) is 17.3. The van der Waals surface area contributed by atoms with Crippen LogP contribution in [0.15, 0.2) is 58.3 Å². The molecule has 0 atom stereocenters. The lowest BCUT2D eigenvalue weighted by atomic mass is 10.2. The maximum Gasteiger partial charge on any atom is 0.255 e. The molecule has 0 unspecified atom stereocenters. The van der Waals surface area contributed by atoms with Crippen molar-refractivity contribution in [3.8, 4) is 0 Å². The summed E-state index contributed by atoms with van der Waals surface area (Å²) in [6.45, 7) is 1.31. The second-order valence-corrected chi connectivity index (χ2v) is 10.1. The van der Waals surface area contributed by atoms with Gasteiger partial charge in [-0.2, -0.15) is 4.31 Å². The SMILES string of the molecule is CNS(=O)(=O)c1cccc(C(=O)Nc2ccc(S(=O)(=O)N3CCOCC3)cc2)c1. The van der Waals surface area contributed by atoms with Gasteiger partial charge >= 0.3 is 0 Å². The highest BCUT2D eigenvalue weighted by Crippen LogP contribution is 2.20. The van der Waals surface area contributed by atoms with E-state index in [0.29, 0.717) is 32.0 Å². The highest BCUT2D eigenvalue weighted by molar-refractivity contribution is 7.89. The van der Waals surface area contributed by atoms with Crippen molar-refractivity contribution in [2.45, 2.75) is 9.79 Å². The van der Waals surface area contributed by atoms with Gasteiger partial charge in [-0.3, -0.25) is 4.79 Å².